The minimum Gasteiger partial charge on any atom is -0.494 e. The first-order chi connectivity index (χ1) is 15.1. The number of amides is 1. The van der Waals surface area contributed by atoms with Gasteiger partial charge in [-0.25, -0.2) is 4.39 Å². The van der Waals surface area contributed by atoms with Crippen molar-refractivity contribution in [1.29, 1.82) is 0 Å². The van der Waals surface area contributed by atoms with Gasteiger partial charge in [0.15, 0.2) is 5.43 Å². The Hall–Kier alpha value is -3.19. The van der Waals surface area contributed by atoms with Crippen LogP contribution >= 0.6 is 0 Å². The Morgan fingerprint density at radius 1 is 1.16 bits per heavy atom. The molecule has 1 saturated heterocycles. The van der Waals surface area contributed by atoms with Crippen LogP contribution in [-0.4, -0.2) is 36.7 Å². The highest BCUT2D eigenvalue weighted by atomic mass is 19.1. The highest BCUT2D eigenvalue weighted by Crippen LogP contribution is 2.39. The van der Waals surface area contributed by atoms with Gasteiger partial charge in [-0.05, 0) is 55.7 Å². The molecule has 0 aliphatic carbocycles. The molecular formula is C24H22FNO5. The van der Waals surface area contributed by atoms with Crippen LogP contribution in [0.2, 0.25) is 0 Å². The fraction of sp³-hybridized carbons (Fsp3) is 0.333. The number of benzene rings is 2. The van der Waals surface area contributed by atoms with E-state index in [1.165, 1.54) is 12.1 Å². The summed E-state index contributed by atoms with van der Waals surface area (Å²) in [5.74, 6) is -0.166. The molecule has 7 heteroatoms. The van der Waals surface area contributed by atoms with E-state index in [4.69, 9.17) is 13.9 Å². The van der Waals surface area contributed by atoms with Crippen molar-refractivity contribution in [1.82, 2.24) is 4.90 Å². The zero-order valence-electron chi connectivity index (χ0n) is 17.1. The summed E-state index contributed by atoms with van der Waals surface area (Å²) in [5, 5.41) is 0.126. The third-order valence-electron chi connectivity index (χ3n) is 5.86. The van der Waals surface area contributed by atoms with Gasteiger partial charge in [-0.1, -0.05) is 12.1 Å². The highest BCUT2D eigenvalue weighted by Gasteiger charge is 2.43. The number of carbonyl (C=O) groups excluding carboxylic acids is 1. The molecule has 1 amide bonds. The van der Waals surface area contributed by atoms with E-state index in [1.54, 1.807) is 4.90 Å². The normalized spacial score (nSPS) is 20.5. The molecule has 1 aromatic heterocycles. The summed E-state index contributed by atoms with van der Waals surface area (Å²) >= 11 is 0. The van der Waals surface area contributed by atoms with Crippen LogP contribution in [-0.2, 0) is 4.74 Å². The van der Waals surface area contributed by atoms with Gasteiger partial charge in [-0.3, -0.25) is 9.59 Å². The van der Waals surface area contributed by atoms with Crippen LogP contribution in [0, 0.1) is 5.82 Å². The Kier molecular flexibility index (Phi) is 4.98. The quantitative estimate of drug-likeness (QED) is 0.619. The molecule has 3 heterocycles. The molecule has 0 spiro atoms. The van der Waals surface area contributed by atoms with Crippen molar-refractivity contribution in [2.45, 2.75) is 31.9 Å². The summed E-state index contributed by atoms with van der Waals surface area (Å²) in [5.41, 5.74) is 0.808. The van der Waals surface area contributed by atoms with E-state index >= 15 is 0 Å². The van der Waals surface area contributed by atoms with Crippen molar-refractivity contribution in [2.24, 2.45) is 0 Å². The number of carbonyl (C=O) groups is 1. The number of halogens is 1. The molecule has 1 fully saturated rings. The molecule has 2 aromatic carbocycles. The second-order valence-corrected chi connectivity index (χ2v) is 7.81. The molecule has 5 rings (SSSR count). The second-order valence-electron chi connectivity index (χ2n) is 7.81. The molecule has 2 atom stereocenters. The van der Waals surface area contributed by atoms with Gasteiger partial charge >= 0.3 is 0 Å². The van der Waals surface area contributed by atoms with Crippen molar-refractivity contribution >= 4 is 16.9 Å². The maximum atomic E-state index is 13.8. The van der Waals surface area contributed by atoms with Crippen LogP contribution in [0.4, 0.5) is 4.39 Å². The summed E-state index contributed by atoms with van der Waals surface area (Å²) < 4.78 is 30.9. The molecule has 31 heavy (non-hydrogen) atoms. The average molecular weight is 423 g/mol. The number of nitrogens with zero attached hydrogens (tertiary/aromatic N) is 1. The van der Waals surface area contributed by atoms with E-state index in [0.717, 1.165) is 24.5 Å². The molecular weight excluding hydrogens is 401 g/mol. The van der Waals surface area contributed by atoms with Crippen molar-refractivity contribution in [3.63, 3.8) is 0 Å². The molecule has 160 valence electrons. The topological polar surface area (TPSA) is 69.0 Å². The molecule has 6 nitrogen and oxygen atoms in total. The van der Waals surface area contributed by atoms with E-state index in [1.807, 2.05) is 31.2 Å². The standard InChI is InChI=1S/C24H22FNO5/c1-2-29-16-8-5-14(6-9-16)21-20-22(27)18-12-15(25)7-10-19(18)31-23(20)24(28)26(21)13-17-4-3-11-30-17/h5-10,12,17,21H,2-4,11,13H2,1H3/t17-,21-/m0/s1. The second kappa shape index (κ2) is 7.81. The Labute approximate surface area is 178 Å². The van der Waals surface area contributed by atoms with Crippen LogP contribution in [0.1, 0.15) is 47.5 Å². The molecule has 2 aliphatic rings. The molecule has 0 unspecified atom stereocenters. The SMILES string of the molecule is CCOc1ccc([C@H]2c3c(oc4ccc(F)cc4c3=O)C(=O)N2C[C@@H]2CCCO2)cc1. The Morgan fingerprint density at radius 2 is 1.97 bits per heavy atom. The number of ether oxygens (including phenoxy) is 2. The van der Waals surface area contributed by atoms with Crippen LogP contribution in [0.15, 0.2) is 51.7 Å². The van der Waals surface area contributed by atoms with Crippen molar-refractivity contribution in [3.8, 4) is 5.75 Å². The Bertz CT molecular complexity index is 1200. The van der Waals surface area contributed by atoms with Gasteiger partial charge in [0.1, 0.15) is 17.1 Å². The van der Waals surface area contributed by atoms with Crippen molar-refractivity contribution in [3.05, 3.63) is 75.4 Å². The third kappa shape index (κ3) is 3.39. The third-order valence-corrected chi connectivity index (χ3v) is 5.86. The molecule has 2 aliphatic heterocycles. The van der Waals surface area contributed by atoms with Crippen LogP contribution in [0.5, 0.6) is 5.75 Å². The summed E-state index contributed by atoms with van der Waals surface area (Å²) in [7, 11) is 0. The first kappa shape index (κ1) is 19.8. The van der Waals surface area contributed by atoms with E-state index in [0.29, 0.717) is 25.5 Å². The number of hydrogen-bond donors (Lipinski definition) is 0. The summed E-state index contributed by atoms with van der Waals surface area (Å²) in [6, 6.07) is 10.4. The lowest BCUT2D eigenvalue weighted by atomic mass is 9.98. The molecule has 0 bridgehead atoms. The Balaban J connectivity index is 1.66. The highest BCUT2D eigenvalue weighted by molar-refractivity contribution is 5.99. The summed E-state index contributed by atoms with van der Waals surface area (Å²) in [6.07, 6.45) is 1.70. The number of hydrogen-bond acceptors (Lipinski definition) is 5. The van der Waals surface area contributed by atoms with Gasteiger partial charge in [-0.15, -0.1) is 0 Å². The van der Waals surface area contributed by atoms with Gasteiger partial charge in [0.25, 0.3) is 5.91 Å². The lowest BCUT2D eigenvalue weighted by molar-refractivity contribution is 0.0486. The van der Waals surface area contributed by atoms with Crippen LogP contribution in [0.25, 0.3) is 11.0 Å². The van der Waals surface area contributed by atoms with Gasteiger partial charge in [0.2, 0.25) is 5.76 Å². The monoisotopic (exact) mass is 423 g/mol. The first-order valence-corrected chi connectivity index (χ1v) is 10.5. The zero-order chi connectivity index (χ0) is 21.5. The van der Waals surface area contributed by atoms with E-state index in [9.17, 15) is 14.0 Å². The van der Waals surface area contributed by atoms with Gasteiger partial charge in [0, 0.05) is 13.2 Å². The van der Waals surface area contributed by atoms with Gasteiger partial charge < -0.3 is 18.8 Å². The minimum absolute atomic E-state index is 0.0148. The number of fused-ring (bicyclic) bond motifs is 2. The minimum atomic E-state index is -0.633. The Morgan fingerprint density at radius 3 is 2.68 bits per heavy atom. The van der Waals surface area contributed by atoms with E-state index < -0.39 is 17.3 Å². The lowest BCUT2D eigenvalue weighted by Crippen LogP contribution is -2.36. The van der Waals surface area contributed by atoms with Crippen LogP contribution < -0.4 is 10.2 Å². The largest absolute Gasteiger partial charge is 0.494 e. The molecule has 3 aromatic rings. The van der Waals surface area contributed by atoms with Gasteiger partial charge in [-0.2, -0.15) is 0 Å². The van der Waals surface area contributed by atoms with E-state index in [-0.39, 0.29) is 34.3 Å². The first-order valence-electron chi connectivity index (χ1n) is 10.5. The van der Waals surface area contributed by atoms with Gasteiger partial charge in [0.05, 0.1) is 29.7 Å². The maximum Gasteiger partial charge on any atom is 0.291 e. The zero-order valence-corrected chi connectivity index (χ0v) is 17.1. The smallest absolute Gasteiger partial charge is 0.291 e. The average Bonchev–Trinajstić information content (AvgIpc) is 3.37. The molecule has 0 saturated carbocycles. The maximum absolute atomic E-state index is 13.8. The lowest BCUT2D eigenvalue weighted by Gasteiger charge is -2.27. The van der Waals surface area contributed by atoms with E-state index in [2.05, 4.69) is 0 Å². The van der Waals surface area contributed by atoms with Crippen molar-refractivity contribution in [2.75, 3.05) is 19.8 Å². The summed E-state index contributed by atoms with van der Waals surface area (Å²) in [6.45, 7) is 3.45. The fourth-order valence-corrected chi connectivity index (χ4v) is 4.45. The molecule has 0 N–H and O–H groups in total. The predicted octanol–water partition coefficient (Wildman–Crippen LogP) is 4.06. The van der Waals surface area contributed by atoms with Crippen molar-refractivity contribution < 1.29 is 23.1 Å². The number of rotatable bonds is 5. The summed E-state index contributed by atoms with van der Waals surface area (Å²) in [4.78, 5) is 28.4. The molecule has 0 radical (unpaired) electrons. The van der Waals surface area contributed by atoms with Crippen LogP contribution in [0.3, 0.4) is 0 Å². The predicted molar refractivity (Wildman–Crippen MR) is 112 cm³/mol. The fourth-order valence-electron chi connectivity index (χ4n) is 4.45.